The minimum Gasteiger partial charge on any atom is -0.495 e. The highest BCUT2D eigenvalue weighted by molar-refractivity contribution is 14.0. The second-order valence-electron chi connectivity index (χ2n) is 5.80. The molecule has 1 amide bonds. The fourth-order valence-electron chi connectivity index (χ4n) is 2.40. The summed E-state index contributed by atoms with van der Waals surface area (Å²) in [5.74, 6) is 0.798. The molecule has 29 heavy (non-hydrogen) atoms. The molecule has 0 unspecified atom stereocenters. The fraction of sp³-hybridized carbons (Fsp3) is 0.100. The van der Waals surface area contributed by atoms with E-state index in [2.05, 4.69) is 15.6 Å². The lowest BCUT2D eigenvalue weighted by atomic mass is 10.2. The van der Waals surface area contributed by atoms with Gasteiger partial charge in [-0.2, -0.15) is 0 Å². The second-order valence-corrected chi connectivity index (χ2v) is 6.21. The van der Waals surface area contributed by atoms with Crippen molar-refractivity contribution in [1.29, 1.82) is 0 Å². The van der Waals surface area contributed by atoms with Crippen LogP contribution in [0.3, 0.4) is 0 Å². The molecule has 1 aromatic heterocycles. The van der Waals surface area contributed by atoms with E-state index >= 15 is 0 Å². The first-order valence-corrected chi connectivity index (χ1v) is 8.77. The van der Waals surface area contributed by atoms with Crippen LogP contribution < -0.4 is 21.1 Å². The van der Waals surface area contributed by atoms with Crippen LogP contribution in [0.25, 0.3) is 0 Å². The molecule has 0 saturated heterocycles. The number of ether oxygens (including phenoxy) is 1. The maximum atomic E-state index is 11.9. The smallest absolute Gasteiger partial charge is 0.291 e. The zero-order valence-corrected chi connectivity index (χ0v) is 18.6. The molecule has 3 aromatic rings. The quantitative estimate of drug-likeness (QED) is 0.245. The molecule has 9 heteroatoms. The van der Waals surface area contributed by atoms with Crippen molar-refractivity contribution in [2.75, 3.05) is 17.7 Å². The first kappa shape index (κ1) is 22.6. The Hall–Kier alpha value is -2.72. The van der Waals surface area contributed by atoms with Crippen molar-refractivity contribution in [3.63, 3.8) is 0 Å². The third-order valence-corrected chi connectivity index (χ3v) is 4.11. The van der Waals surface area contributed by atoms with Crippen LogP contribution in [0.15, 0.2) is 70.3 Å². The lowest BCUT2D eigenvalue weighted by Crippen LogP contribution is -2.22. The highest BCUT2D eigenvalue weighted by atomic mass is 127. The van der Waals surface area contributed by atoms with Gasteiger partial charge in [-0.05, 0) is 48.0 Å². The van der Waals surface area contributed by atoms with Crippen molar-refractivity contribution >= 4 is 58.8 Å². The van der Waals surface area contributed by atoms with Gasteiger partial charge in [0.2, 0.25) is 0 Å². The van der Waals surface area contributed by atoms with Gasteiger partial charge in [0.05, 0.1) is 24.9 Å². The minimum atomic E-state index is -0.303. The normalized spacial score (nSPS) is 10.8. The van der Waals surface area contributed by atoms with E-state index in [9.17, 15) is 4.79 Å². The number of anilines is 2. The number of methoxy groups -OCH3 is 1. The van der Waals surface area contributed by atoms with Gasteiger partial charge in [-0.3, -0.25) is 4.79 Å². The maximum absolute atomic E-state index is 11.9. The molecule has 1 heterocycles. The summed E-state index contributed by atoms with van der Waals surface area (Å²) in [5, 5.41) is 6.21. The number of halogens is 2. The second kappa shape index (κ2) is 10.7. The van der Waals surface area contributed by atoms with Crippen LogP contribution in [-0.2, 0) is 6.54 Å². The number of benzene rings is 2. The van der Waals surface area contributed by atoms with Gasteiger partial charge in [0.15, 0.2) is 11.7 Å². The van der Waals surface area contributed by atoms with E-state index in [1.807, 2.05) is 12.1 Å². The average Bonchev–Trinajstić information content (AvgIpc) is 3.23. The van der Waals surface area contributed by atoms with Crippen LogP contribution >= 0.6 is 35.6 Å². The fourth-order valence-corrected chi connectivity index (χ4v) is 2.66. The lowest BCUT2D eigenvalue weighted by Gasteiger charge is -2.08. The van der Waals surface area contributed by atoms with Gasteiger partial charge in [0, 0.05) is 11.4 Å². The minimum absolute atomic E-state index is 0. The molecule has 3 rings (SSSR count). The number of nitrogens with zero attached hydrogens (tertiary/aromatic N) is 1. The molecule has 2 aromatic carbocycles. The average molecular weight is 527 g/mol. The number of nitrogens with two attached hydrogens (primary N) is 1. The Morgan fingerprint density at radius 2 is 1.86 bits per heavy atom. The monoisotopic (exact) mass is 526 g/mol. The summed E-state index contributed by atoms with van der Waals surface area (Å²) in [6, 6.07) is 15.8. The number of hydrogen-bond acceptors (Lipinski definition) is 4. The molecule has 0 aliphatic heterocycles. The number of carbonyl (C=O) groups is 1. The number of guanidine groups is 1. The molecule has 0 saturated carbocycles. The SMILES string of the molecule is COc1ccc(NC(N)=NCc2ccc(NC(=O)c3ccco3)cc2)cc1Cl.I. The van der Waals surface area contributed by atoms with E-state index in [4.69, 9.17) is 26.5 Å². The largest absolute Gasteiger partial charge is 0.495 e. The van der Waals surface area contributed by atoms with E-state index in [1.54, 1.807) is 49.6 Å². The lowest BCUT2D eigenvalue weighted by molar-refractivity contribution is 0.0996. The van der Waals surface area contributed by atoms with Crippen molar-refractivity contribution in [2.24, 2.45) is 10.7 Å². The Labute approximate surface area is 190 Å². The number of carbonyl (C=O) groups excluding carboxylic acids is 1. The summed E-state index contributed by atoms with van der Waals surface area (Å²) < 4.78 is 10.2. The van der Waals surface area contributed by atoms with Gasteiger partial charge in [0.1, 0.15) is 5.75 Å². The van der Waals surface area contributed by atoms with Gasteiger partial charge in [0.25, 0.3) is 5.91 Å². The van der Waals surface area contributed by atoms with E-state index in [-0.39, 0.29) is 41.6 Å². The number of hydrogen-bond donors (Lipinski definition) is 3. The third-order valence-electron chi connectivity index (χ3n) is 3.81. The highest BCUT2D eigenvalue weighted by Gasteiger charge is 2.08. The first-order chi connectivity index (χ1) is 13.5. The molecule has 0 aliphatic rings. The third kappa shape index (κ3) is 6.40. The summed E-state index contributed by atoms with van der Waals surface area (Å²) in [5.41, 5.74) is 8.23. The molecule has 0 fully saturated rings. The Bertz CT molecular complexity index is 976. The predicted octanol–water partition coefficient (Wildman–Crippen LogP) is 4.74. The molecular formula is C20H20ClIN4O3. The zero-order chi connectivity index (χ0) is 19.9. The summed E-state index contributed by atoms with van der Waals surface area (Å²) in [6.45, 7) is 0.384. The molecule has 0 aliphatic carbocycles. The molecule has 4 N–H and O–H groups in total. The van der Waals surface area contributed by atoms with Crippen LogP contribution in [0.5, 0.6) is 5.75 Å². The molecule has 0 bridgehead atoms. The van der Waals surface area contributed by atoms with E-state index < -0.39 is 0 Å². The standard InChI is InChI=1S/C20H19ClN4O3.HI/c1-27-17-9-8-15(11-16(17)21)25-20(22)23-12-13-4-6-14(7-5-13)24-19(26)18-3-2-10-28-18;/h2-11H,12H2,1H3,(H,24,26)(H3,22,23,25);1H. The Kier molecular flexibility index (Phi) is 8.34. The number of aliphatic imine (C=N–C) groups is 1. The number of furan rings is 1. The van der Waals surface area contributed by atoms with Gasteiger partial charge in [-0.1, -0.05) is 23.7 Å². The first-order valence-electron chi connectivity index (χ1n) is 8.39. The van der Waals surface area contributed by atoms with Gasteiger partial charge in [-0.15, -0.1) is 24.0 Å². The molecule has 0 atom stereocenters. The van der Waals surface area contributed by atoms with E-state index in [0.717, 1.165) is 5.56 Å². The molecular weight excluding hydrogens is 507 g/mol. The van der Waals surface area contributed by atoms with Crippen molar-refractivity contribution in [2.45, 2.75) is 6.54 Å². The zero-order valence-electron chi connectivity index (χ0n) is 15.5. The van der Waals surface area contributed by atoms with Gasteiger partial charge >= 0.3 is 0 Å². The summed E-state index contributed by atoms with van der Waals surface area (Å²) in [4.78, 5) is 16.2. The van der Waals surface area contributed by atoms with Gasteiger partial charge in [-0.25, -0.2) is 4.99 Å². The Morgan fingerprint density at radius 3 is 2.48 bits per heavy atom. The van der Waals surface area contributed by atoms with Gasteiger partial charge < -0.3 is 25.5 Å². The molecule has 0 radical (unpaired) electrons. The van der Waals surface area contributed by atoms with Crippen molar-refractivity contribution in [1.82, 2.24) is 0 Å². The molecule has 152 valence electrons. The van der Waals surface area contributed by atoms with Crippen molar-refractivity contribution in [3.05, 3.63) is 77.2 Å². The van der Waals surface area contributed by atoms with Crippen LogP contribution in [0.2, 0.25) is 5.02 Å². The molecule has 7 nitrogen and oxygen atoms in total. The summed E-state index contributed by atoms with van der Waals surface area (Å²) >= 11 is 6.09. The van der Waals surface area contributed by atoms with E-state index in [0.29, 0.717) is 28.7 Å². The Morgan fingerprint density at radius 1 is 1.14 bits per heavy atom. The number of rotatable bonds is 6. The number of amides is 1. The maximum Gasteiger partial charge on any atom is 0.291 e. The van der Waals surface area contributed by atoms with Crippen LogP contribution in [0, 0.1) is 0 Å². The topological polar surface area (TPSA) is 102 Å². The Balaban J connectivity index is 0.00000300. The van der Waals surface area contributed by atoms with Crippen LogP contribution in [0.4, 0.5) is 11.4 Å². The summed E-state index contributed by atoms with van der Waals surface area (Å²) in [7, 11) is 1.55. The predicted molar refractivity (Wildman–Crippen MR) is 125 cm³/mol. The van der Waals surface area contributed by atoms with E-state index in [1.165, 1.54) is 6.26 Å². The van der Waals surface area contributed by atoms with Crippen LogP contribution in [-0.4, -0.2) is 19.0 Å². The molecule has 0 spiro atoms. The van der Waals surface area contributed by atoms with Crippen molar-refractivity contribution < 1.29 is 13.9 Å². The van der Waals surface area contributed by atoms with Crippen LogP contribution in [0.1, 0.15) is 16.1 Å². The summed E-state index contributed by atoms with van der Waals surface area (Å²) in [6.07, 6.45) is 1.45. The van der Waals surface area contributed by atoms with Crippen molar-refractivity contribution in [3.8, 4) is 5.75 Å². The number of nitrogens with one attached hydrogen (secondary N) is 2. The highest BCUT2D eigenvalue weighted by Crippen LogP contribution is 2.27.